The SMILES string of the molecule is O=C(O)c1ccc(F)cc1Nc1cnccn1. The average Bonchev–Trinajstić information content (AvgIpc) is 2.30. The molecule has 0 aliphatic heterocycles. The van der Waals surface area contributed by atoms with Gasteiger partial charge in [0.2, 0.25) is 0 Å². The van der Waals surface area contributed by atoms with Crippen molar-refractivity contribution in [3.63, 3.8) is 0 Å². The van der Waals surface area contributed by atoms with Crippen molar-refractivity contribution in [2.24, 2.45) is 0 Å². The van der Waals surface area contributed by atoms with Crippen LogP contribution in [0.1, 0.15) is 10.4 Å². The van der Waals surface area contributed by atoms with Crippen molar-refractivity contribution in [3.8, 4) is 0 Å². The fourth-order valence-electron chi connectivity index (χ4n) is 1.31. The monoisotopic (exact) mass is 233 g/mol. The molecule has 1 aromatic carbocycles. The number of anilines is 2. The Labute approximate surface area is 96.0 Å². The van der Waals surface area contributed by atoms with Gasteiger partial charge in [-0.05, 0) is 18.2 Å². The van der Waals surface area contributed by atoms with Gasteiger partial charge < -0.3 is 10.4 Å². The van der Waals surface area contributed by atoms with Gasteiger partial charge in [0.1, 0.15) is 11.6 Å². The summed E-state index contributed by atoms with van der Waals surface area (Å²) in [7, 11) is 0. The minimum absolute atomic E-state index is 0.0305. The van der Waals surface area contributed by atoms with Gasteiger partial charge in [-0.3, -0.25) is 4.98 Å². The summed E-state index contributed by atoms with van der Waals surface area (Å²) >= 11 is 0. The number of nitrogens with zero attached hydrogens (tertiary/aromatic N) is 2. The molecular weight excluding hydrogens is 225 g/mol. The Morgan fingerprint density at radius 2 is 2.18 bits per heavy atom. The normalized spacial score (nSPS) is 9.94. The van der Waals surface area contributed by atoms with E-state index < -0.39 is 11.8 Å². The number of aromatic nitrogens is 2. The third-order valence-electron chi connectivity index (χ3n) is 2.04. The molecule has 17 heavy (non-hydrogen) atoms. The van der Waals surface area contributed by atoms with Crippen LogP contribution in [0.5, 0.6) is 0 Å². The number of hydrogen-bond acceptors (Lipinski definition) is 4. The Kier molecular flexibility index (Phi) is 2.95. The van der Waals surface area contributed by atoms with Crippen LogP contribution in [0.15, 0.2) is 36.8 Å². The lowest BCUT2D eigenvalue weighted by Gasteiger charge is -2.08. The molecule has 0 fully saturated rings. The molecule has 0 unspecified atom stereocenters. The first-order chi connectivity index (χ1) is 8.16. The van der Waals surface area contributed by atoms with E-state index in [1.165, 1.54) is 24.7 Å². The molecule has 0 radical (unpaired) electrons. The molecule has 0 aliphatic rings. The van der Waals surface area contributed by atoms with Crippen LogP contribution in [-0.4, -0.2) is 21.0 Å². The lowest BCUT2D eigenvalue weighted by Crippen LogP contribution is -2.04. The maximum Gasteiger partial charge on any atom is 0.337 e. The first-order valence-electron chi connectivity index (χ1n) is 4.72. The lowest BCUT2D eigenvalue weighted by atomic mass is 10.1. The number of halogens is 1. The van der Waals surface area contributed by atoms with Crippen molar-refractivity contribution in [3.05, 3.63) is 48.2 Å². The smallest absolute Gasteiger partial charge is 0.337 e. The van der Waals surface area contributed by atoms with Gasteiger partial charge in [0, 0.05) is 12.4 Å². The highest BCUT2D eigenvalue weighted by Gasteiger charge is 2.11. The van der Waals surface area contributed by atoms with Gasteiger partial charge in [-0.15, -0.1) is 0 Å². The summed E-state index contributed by atoms with van der Waals surface area (Å²) in [6, 6.07) is 3.37. The highest BCUT2D eigenvalue weighted by molar-refractivity contribution is 5.94. The zero-order chi connectivity index (χ0) is 12.3. The van der Waals surface area contributed by atoms with Crippen LogP contribution in [0.25, 0.3) is 0 Å². The molecule has 0 atom stereocenters. The number of benzene rings is 1. The molecule has 0 saturated heterocycles. The summed E-state index contributed by atoms with van der Waals surface area (Å²) in [5, 5.41) is 11.6. The largest absolute Gasteiger partial charge is 0.478 e. The molecule has 1 heterocycles. The van der Waals surface area contributed by atoms with Crippen LogP contribution < -0.4 is 5.32 Å². The van der Waals surface area contributed by atoms with Crippen LogP contribution in [0, 0.1) is 5.82 Å². The molecule has 2 aromatic rings. The van der Waals surface area contributed by atoms with Crippen LogP contribution in [-0.2, 0) is 0 Å². The Hall–Kier alpha value is -2.50. The third-order valence-corrected chi connectivity index (χ3v) is 2.04. The molecule has 0 bridgehead atoms. The quantitative estimate of drug-likeness (QED) is 0.848. The molecule has 2 rings (SSSR count). The van der Waals surface area contributed by atoms with Crippen LogP contribution in [0.4, 0.5) is 15.9 Å². The molecule has 86 valence electrons. The van der Waals surface area contributed by atoms with E-state index in [0.29, 0.717) is 5.82 Å². The highest BCUT2D eigenvalue weighted by atomic mass is 19.1. The van der Waals surface area contributed by atoms with E-state index in [0.717, 1.165) is 12.1 Å². The topological polar surface area (TPSA) is 75.1 Å². The first kappa shape index (κ1) is 11.0. The van der Waals surface area contributed by atoms with Crippen molar-refractivity contribution in [2.45, 2.75) is 0 Å². The predicted molar refractivity (Wildman–Crippen MR) is 58.7 cm³/mol. The zero-order valence-corrected chi connectivity index (χ0v) is 8.59. The fourth-order valence-corrected chi connectivity index (χ4v) is 1.31. The number of hydrogen-bond donors (Lipinski definition) is 2. The van der Waals surface area contributed by atoms with E-state index in [1.54, 1.807) is 0 Å². The van der Waals surface area contributed by atoms with Gasteiger partial charge in [0.05, 0.1) is 17.4 Å². The number of aromatic carboxylic acids is 1. The molecule has 0 saturated carbocycles. The molecule has 0 spiro atoms. The van der Waals surface area contributed by atoms with Gasteiger partial charge in [0.15, 0.2) is 0 Å². The van der Waals surface area contributed by atoms with Crippen LogP contribution >= 0.6 is 0 Å². The van der Waals surface area contributed by atoms with E-state index in [4.69, 9.17) is 5.11 Å². The number of carboxylic acid groups (broad SMARTS) is 1. The maximum atomic E-state index is 13.0. The van der Waals surface area contributed by atoms with Gasteiger partial charge in [-0.1, -0.05) is 0 Å². The van der Waals surface area contributed by atoms with E-state index >= 15 is 0 Å². The second-order valence-corrected chi connectivity index (χ2v) is 3.21. The fraction of sp³-hybridized carbons (Fsp3) is 0. The van der Waals surface area contributed by atoms with Crippen molar-refractivity contribution >= 4 is 17.5 Å². The van der Waals surface area contributed by atoms with E-state index in [2.05, 4.69) is 15.3 Å². The highest BCUT2D eigenvalue weighted by Crippen LogP contribution is 2.20. The summed E-state index contributed by atoms with van der Waals surface area (Å²) in [4.78, 5) is 18.7. The molecule has 0 amide bonds. The minimum atomic E-state index is -1.14. The molecule has 0 aliphatic carbocycles. The van der Waals surface area contributed by atoms with Crippen molar-refractivity contribution < 1.29 is 14.3 Å². The Bertz CT molecular complexity index is 546. The standard InChI is InChI=1S/C11H8FN3O2/c12-7-1-2-8(11(16)17)9(5-7)15-10-6-13-3-4-14-10/h1-6H,(H,14,15)(H,16,17). The average molecular weight is 233 g/mol. The Morgan fingerprint density at radius 3 is 2.82 bits per heavy atom. The number of nitrogens with one attached hydrogen (secondary N) is 1. The molecule has 2 N–H and O–H groups in total. The molecule has 5 nitrogen and oxygen atoms in total. The summed E-state index contributed by atoms with van der Waals surface area (Å²) in [5.74, 6) is -1.32. The first-order valence-corrected chi connectivity index (χ1v) is 4.72. The van der Waals surface area contributed by atoms with Crippen LogP contribution in [0.2, 0.25) is 0 Å². The van der Waals surface area contributed by atoms with Crippen molar-refractivity contribution in [1.82, 2.24) is 9.97 Å². The third kappa shape index (κ3) is 2.54. The van der Waals surface area contributed by atoms with Gasteiger partial charge in [-0.25, -0.2) is 14.2 Å². The number of rotatable bonds is 3. The Balaban J connectivity index is 2.37. The summed E-state index contributed by atoms with van der Waals surface area (Å²) < 4.78 is 13.0. The molecule has 6 heteroatoms. The lowest BCUT2D eigenvalue weighted by molar-refractivity contribution is 0.0698. The summed E-state index contributed by atoms with van der Waals surface area (Å²) in [6.07, 6.45) is 4.34. The van der Waals surface area contributed by atoms with E-state index in [9.17, 15) is 9.18 Å². The summed E-state index contributed by atoms with van der Waals surface area (Å²) in [6.45, 7) is 0. The molecular formula is C11H8FN3O2. The van der Waals surface area contributed by atoms with Crippen LogP contribution in [0.3, 0.4) is 0 Å². The van der Waals surface area contributed by atoms with E-state index in [1.807, 2.05) is 0 Å². The van der Waals surface area contributed by atoms with Crippen molar-refractivity contribution in [2.75, 3.05) is 5.32 Å². The summed E-state index contributed by atoms with van der Waals surface area (Å²) in [5.41, 5.74) is 0.107. The molecule has 1 aromatic heterocycles. The zero-order valence-electron chi connectivity index (χ0n) is 8.59. The maximum absolute atomic E-state index is 13.0. The van der Waals surface area contributed by atoms with Gasteiger partial charge in [-0.2, -0.15) is 0 Å². The van der Waals surface area contributed by atoms with E-state index in [-0.39, 0.29) is 11.3 Å². The van der Waals surface area contributed by atoms with Gasteiger partial charge >= 0.3 is 5.97 Å². The van der Waals surface area contributed by atoms with Crippen molar-refractivity contribution in [1.29, 1.82) is 0 Å². The van der Waals surface area contributed by atoms with Gasteiger partial charge in [0.25, 0.3) is 0 Å². The number of carbonyl (C=O) groups is 1. The second-order valence-electron chi connectivity index (χ2n) is 3.21. The number of carboxylic acids is 1. The Morgan fingerprint density at radius 1 is 1.35 bits per heavy atom. The minimum Gasteiger partial charge on any atom is -0.478 e. The second kappa shape index (κ2) is 4.56. The predicted octanol–water partition coefficient (Wildman–Crippen LogP) is 2.06.